The van der Waals surface area contributed by atoms with Crippen LogP contribution in [-0.4, -0.2) is 40.4 Å². The van der Waals surface area contributed by atoms with E-state index in [0.29, 0.717) is 0 Å². The van der Waals surface area contributed by atoms with E-state index in [1.54, 1.807) is 20.8 Å². The summed E-state index contributed by atoms with van der Waals surface area (Å²) in [5.74, 6) is 4.27. The van der Waals surface area contributed by atoms with Crippen LogP contribution in [0.3, 0.4) is 0 Å². The Morgan fingerprint density at radius 3 is 2.27 bits per heavy atom. The van der Waals surface area contributed by atoms with Crippen LogP contribution >= 0.6 is 0 Å². The predicted octanol–water partition coefficient (Wildman–Crippen LogP) is -1.06. The molecule has 0 aliphatic heterocycles. The first-order chi connectivity index (χ1) is 6.69. The normalized spacial score (nSPS) is 13.2. The van der Waals surface area contributed by atoms with E-state index >= 15 is 0 Å². The molecule has 2 amide bonds. The molecule has 88 valence electrons. The van der Waals surface area contributed by atoms with Crippen LogP contribution in [0.5, 0.6) is 0 Å². The van der Waals surface area contributed by atoms with Crippen molar-refractivity contribution in [1.82, 2.24) is 5.01 Å². The summed E-state index contributed by atoms with van der Waals surface area (Å²) in [7, 11) is 0. The van der Waals surface area contributed by atoms with E-state index in [4.69, 9.17) is 21.4 Å². The number of rotatable bonds is 2. The first-order valence-electron chi connectivity index (χ1n) is 4.37. The lowest BCUT2D eigenvalue weighted by atomic mass is 10.2. The quantitative estimate of drug-likeness (QED) is 0.309. The second kappa shape index (κ2) is 5.06. The van der Waals surface area contributed by atoms with Crippen LogP contribution in [0.1, 0.15) is 20.8 Å². The van der Waals surface area contributed by atoms with Crippen molar-refractivity contribution >= 4 is 12.0 Å². The molecule has 0 aliphatic carbocycles. The number of hydrazine groups is 1. The fourth-order valence-corrected chi connectivity index (χ4v) is 0.658. The number of nitrogens with two attached hydrogens (primary N) is 2. The molecule has 0 spiro atoms. The summed E-state index contributed by atoms with van der Waals surface area (Å²) in [6, 6.07) is -1.22. The van der Waals surface area contributed by atoms with Crippen molar-refractivity contribution in [2.24, 2.45) is 11.6 Å². The molecule has 0 saturated heterocycles. The first-order valence-corrected chi connectivity index (χ1v) is 4.37. The number of aliphatic hydroxyl groups is 1. The molecular formula is C8H17N3O4. The number of hydrogen-bond donors (Lipinski definition) is 3. The number of carbonyl (C=O) groups is 2. The Kier molecular flexibility index (Phi) is 4.66. The van der Waals surface area contributed by atoms with Crippen molar-refractivity contribution in [2.75, 3.05) is 6.61 Å². The Balaban J connectivity index is 4.39. The fraction of sp³-hybridized carbons (Fsp3) is 0.750. The summed E-state index contributed by atoms with van der Waals surface area (Å²) < 4.78 is 4.82. The maximum atomic E-state index is 11.2. The third kappa shape index (κ3) is 4.73. The number of aliphatic hydroxyl groups excluding tert-OH is 1. The van der Waals surface area contributed by atoms with Crippen LogP contribution in [0.15, 0.2) is 0 Å². The summed E-state index contributed by atoms with van der Waals surface area (Å²) in [6.07, 6.45) is -1.00. The number of ether oxygens (including phenoxy) is 1. The number of carbonyl (C=O) groups excluding carboxylic acids is 2. The maximum absolute atomic E-state index is 11.2. The first kappa shape index (κ1) is 13.8. The molecule has 0 aromatic rings. The summed E-state index contributed by atoms with van der Waals surface area (Å²) in [5, 5.41) is 8.84. The average Bonchev–Trinajstić information content (AvgIpc) is 2.11. The fourth-order valence-electron chi connectivity index (χ4n) is 0.658. The highest BCUT2D eigenvalue weighted by atomic mass is 16.6. The van der Waals surface area contributed by atoms with Gasteiger partial charge in [0.15, 0.2) is 0 Å². The highest BCUT2D eigenvalue weighted by Gasteiger charge is 2.27. The molecule has 7 heteroatoms. The van der Waals surface area contributed by atoms with Crippen LogP contribution in [0.2, 0.25) is 0 Å². The van der Waals surface area contributed by atoms with Gasteiger partial charge >= 0.3 is 6.09 Å². The van der Waals surface area contributed by atoms with Crippen molar-refractivity contribution in [3.63, 3.8) is 0 Å². The van der Waals surface area contributed by atoms with E-state index in [1.807, 2.05) is 0 Å². The maximum Gasteiger partial charge on any atom is 0.431 e. The molecule has 0 radical (unpaired) electrons. The van der Waals surface area contributed by atoms with Crippen LogP contribution < -0.4 is 11.6 Å². The Hall–Kier alpha value is -1.18. The van der Waals surface area contributed by atoms with Gasteiger partial charge in [0, 0.05) is 0 Å². The topological polar surface area (TPSA) is 119 Å². The van der Waals surface area contributed by atoms with Crippen LogP contribution in [0.4, 0.5) is 4.79 Å². The summed E-state index contributed by atoms with van der Waals surface area (Å²) in [4.78, 5) is 22.5. The Morgan fingerprint density at radius 2 is 1.93 bits per heavy atom. The standard InChI is InChI=1S/C8H17N3O4/c1-8(2,3)15-7(14)11(10)6(13)5(9)4-12/h5,12H,4,9-10H2,1-3H3/t5-/m0/s1. The van der Waals surface area contributed by atoms with E-state index in [-0.39, 0.29) is 5.01 Å². The van der Waals surface area contributed by atoms with Crippen LogP contribution in [0, 0.1) is 0 Å². The van der Waals surface area contributed by atoms with Gasteiger partial charge in [0.2, 0.25) is 0 Å². The number of nitrogens with zero attached hydrogens (tertiary/aromatic N) is 1. The molecule has 0 unspecified atom stereocenters. The zero-order chi connectivity index (χ0) is 12.2. The van der Waals surface area contributed by atoms with Crippen molar-refractivity contribution in [3.8, 4) is 0 Å². The molecular weight excluding hydrogens is 202 g/mol. The smallest absolute Gasteiger partial charge is 0.431 e. The molecule has 0 saturated carbocycles. The van der Waals surface area contributed by atoms with E-state index in [2.05, 4.69) is 0 Å². The van der Waals surface area contributed by atoms with Crippen LogP contribution in [0.25, 0.3) is 0 Å². The summed E-state index contributed by atoms with van der Waals surface area (Å²) in [5.41, 5.74) is 4.44. The molecule has 0 fully saturated rings. The Labute approximate surface area is 87.9 Å². The van der Waals surface area contributed by atoms with E-state index < -0.39 is 30.3 Å². The number of amides is 2. The summed E-state index contributed by atoms with van der Waals surface area (Å²) in [6.45, 7) is 4.31. The molecule has 7 nitrogen and oxygen atoms in total. The van der Waals surface area contributed by atoms with Gasteiger partial charge in [-0.05, 0) is 20.8 Å². The van der Waals surface area contributed by atoms with Gasteiger partial charge in [-0.3, -0.25) is 4.79 Å². The van der Waals surface area contributed by atoms with Crippen molar-refractivity contribution in [2.45, 2.75) is 32.4 Å². The highest BCUT2D eigenvalue weighted by Crippen LogP contribution is 2.08. The number of imide groups is 1. The van der Waals surface area contributed by atoms with Crippen molar-refractivity contribution in [3.05, 3.63) is 0 Å². The van der Waals surface area contributed by atoms with E-state index in [0.717, 1.165) is 0 Å². The SMILES string of the molecule is CC(C)(C)OC(=O)N(N)C(=O)[C@@H](N)CO. The van der Waals surface area contributed by atoms with Gasteiger partial charge in [-0.15, -0.1) is 0 Å². The second-order valence-electron chi connectivity index (χ2n) is 3.98. The highest BCUT2D eigenvalue weighted by molar-refractivity contribution is 5.94. The second-order valence-corrected chi connectivity index (χ2v) is 3.98. The zero-order valence-corrected chi connectivity index (χ0v) is 9.06. The third-order valence-electron chi connectivity index (χ3n) is 1.34. The van der Waals surface area contributed by atoms with E-state index in [1.165, 1.54) is 0 Å². The van der Waals surface area contributed by atoms with Crippen molar-refractivity contribution in [1.29, 1.82) is 0 Å². The minimum atomic E-state index is -1.22. The minimum absolute atomic E-state index is 0.256. The van der Waals surface area contributed by atoms with Gasteiger partial charge in [0.25, 0.3) is 5.91 Å². The molecule has 0 aromatic heterocycles. The monoisotopic (exact) mass is 219 g/mol. The lowest BCUT2D eigenvalue weighted by molar-refractivity contribution is -0.132. The molecule has 15 heavy (non-hydrogen) atoms. The molecule has 0 bridgehead atoms. The molecule has 0 heterocycles. The van der Waals surface area contributed by atoms with Gasteiger partial charge in [0.05, 0.1) is 6.61 Å². The van der Waals surface area contributed by atoms with Gasteiger partial charge in [-0.25, -0.2) is 10.6 Å². The Morgan fingerprint density at radius 1 is 1.47 bits per heavy atom. The zero-order valence-electron chi connectivity index (χ0n) is 9.06. The van der Waals surface area contributed by atoms with Crippen LogP contribution in [-0.2, 0) is 9.53 Å². The van der Waals surface area contributed by atoms with Gasteiger partial charge < -0.3 is 15.6 Å². The molecule has 0 aliphatic rings. The van der Waals surface area contributed by atoms with Crippen molar-refractivity contribution < 1.29 is 19.4 Å². The third-order valence-corrected chi connectivity index (χ3v) is 1.34. The molecule has 0 aromatic carbocycles. The van der Waals surface area contributed by atoms with Gasteiger partial charge in [-0.1, -0.05) is 0 Å². The average molecular weight is 219 g/mol. The van der Waals surface area contributed by atoms with Gasteiger partial charge in [-0.2, -0.15) is 5.01 Å². The molecule has 0 rings (SSSR count). The summed E-state index contributed by atoms with van der Waals surface area (Å²) >= 11 is 0. The largest absolute Gasteiger partial charge is 0.442 e. The molecule has 5 N–H and O–H groups in total. The van der Waals surface area contributed by atoms with Gasteiger partial charge in [0.1, 0.15) is 11.6 Å². The minimum Gasteiger partial charge on any atom is -0.442 e. The molecule has 1 atom stereocenters. The number of hydrogen-bond acceptors (Lipinski definition) is 6. The lowest BCUT2D eigenvalue weighted by Crippen LogP contribution is -2.53. The lowest BCUT2D eigenvalue weighted by Gasteiger charge is -2.24. The Bertz CT molecular complexity index is 249. The predicted molar refractivity (Wildman–Crippen MR) is 52.3 cm³/mol. The van der Waals surface area contributed by atoms with E-state index in [9.17, 15) is 9.59 Å².